The van der Waals surface area contributed by atoms with Crippen molar-refractivity contribution in [3.8, 4) is 0 Å². The number of amides is 2. The van der Waals surface area contributed by atoms with Gasteiger partial charge in [-0.25, -0.2) is 4.39 Å². The predicted molar refractivity (Wildman–Crippen MR) is 90.7 cm³/mol. The van der Waals surface area contributed by atoms with Gasteiger partial charge in [0.05, 0.1) is 6.42 Å². The summed E-state index contributed by atoms with van der Waals surface area (Å²) in [5.41, 5.74) is 1.24. The van der Waals surface area contributed by atoms with Gasteiger partial charge in [-0.15, -0.1) is 0 Å². The van der Waals surface area contributed by atoms with Gasteiger partial charge >= 0.3 is 0 Å². The molecule has 2 aromatic carbocycles. The van der Waals surface area contributed by atoms with Crippen molar-refractivity contribution in [2.75, 3.05) is 5.32 Å². The summed E-state index contributed by atoms with van der Waals surface area (Å²) in [5, 5.41) is 5.78. The maximum Gasteiger partial charge on any atom is 0.251 e. The Morgan fingerprint density at radius 2 is 1.83 bits per heavy atom. The fraction of sp³-hybridized carbons (Fsp3) is 0.222. The number of carbonyl (C=O) groups is 2. The zero-order valence-electron chi connectivity index (χ0n) is 12.8. The molecule has 0 radical (unpaired) electrons. The van der Waals surface area contributed by atoms with E-state index in [1.165, 1.54) is 12.1 Å². The zero-order valence-corrected chi connectivity index (χ0v) is 13.6. The maximum atomic E-state index is 13.7. The number of nitrogens with one attached hydrogen (secondary N) is 2. The Morgan fingerprint density at radius 3 is 2.46 bits per heavy atom. The Balaban J connectivity index is 1.61. The lowest BCUT2D eigenvalue weighted by Gasteiger charge is -2.08. The van der Waals surface area contributed by atoms with Gasteiger partial charge in [0.25, 0.3) is 5.91 Å². The van der Waals surface area contributed by atoms with Crippen LogP contribution in [0.2, 0.25) is 5.02 Å². The SMILES string of the molecule is O=C(Cc1c(F)cccc1Cl)Nc1ccc(C(=O)NC2CC2)cc1. The van der Waals surface area contributed by atoms with Gasteiger partial charge < -0.3 is 10.6 Å². The van der Waals surface area contributed by atoms with E-state index in [0.29, 0.717) is 17.3 Å². The monoisotopic (exact) mass is 346 g/mol. The average molecular weight is 347 g/mol. The van der Waals surface area contributed by atoms with Crippen molar-refractivity contribution in [2.24, 2.45) is 0 Å². The Kier molecular flexibility index (Phi) is 4.81. The van der Waals surface area contributed by atoms with Gasteiger partial charge in [-0.1, -0.05) is 17.7 Å². The van der Waals surface area contributed by atoms with Gasteiger partial charge in [0.15, 0.2) is 0 Å². The van der Waals surface area contributed by atoms with Crippen LogP contribution in [-0.4, -0.2) is 17.9 Å². The van der Waals surface area contributed by atoms with Crippen LogP contribution in [0.1, 0.15) is 28.8 Å². The first kappa shape index (κ1) is 16.5. The molecule has 2 amide bonds. The number of benzene rings is 2. The van der Waals surface area contributed by atoms with Crippen LogP contribution < -0.4 is 10.6 Å². The molecule has 1 aliphatic carbocycles. The number of hydrogen-bond donors (Lipinski definition) is 2. The minimum atomic E-state index is -0.509. The summed E-state index contributed by atoms with van der Waals surface area (Å²) in [6.07, 6.45) is 1.90. The summed E-state index contributed by atoms with van der Waals surface area (Å²) in [4.78, 5) is 23.9. The second-order valence-electron chi connectivity index (χ2n) is 5.75. The van der Waals surface area contributed by atoms with E-state index in [9.17, 15) is 14.0 Å². The van der Waals surface area contributed by atoms with Crippen LogP contribution in [0.5, 0.6) is 0 Å². The Bertz CT molecular complexity index is 753. The fourth-order valence-corrected chi connectivity index (χ4v) is 2.50. The lowest BCUT2D eigenvalue weighted by atomic mass is 10.1. The molecule has 2 aromatic rings. The van der Waals surface area contributed by atoms with Gasteiger partial charge in [-0.3, -0.25) is 9.59 Å². The van der Waals surface area contributed by atoms with Crippen molar-refractivity contribution in [1.29, 1.82) is 0 Å². The van der Waals surface area contributed by atoms with Crippen molar-refractivity contribution in [3.63, 3.8) is 0 Å². The first-order valence-electron chi connectivity index (χ1n) is 7.66. The van der Waals surface area contributed by atoms with E-state index in [0.717, 1.165) is 12.8 Å². The van der Waals surface area contributed by atoms with Gasteiger partial charge in [0.1, 0.15) is 5.82 Å². The molecule has 1 fully saturated rings. The minimum absolute atomic E-state index is 0.117. The third-order valence-electron chi connectivity index (χ3n) is 3.74. The normalized spacial score (nSPS) is 13.4. The van der Waals surface area contributed by atoms with Crippen LogP contribution in [0.4, 0.5) is 10.1 Å². The molecule has 0 aliphatic heterocycles. The summed E-state index contributed by atoms with van der Waals surface area (Å²) in [6, 6.07) is 11.2. The van der Waals surface area contributed by atoms with Gasteiger partial charge in [0.2, 0.25) is 5.91 Å². The lowest BCUT2D eigenvalue weighted by Crippen LogP contribution is -2.25. The lowest BCUT2D eigenvalue weighted by molar-refractivity contribution is -0.115. The highest BCUT2D eigenvalue weighted by molar-refractivity contribution is 6.31. The fourth-order valence-electron chi connectivity index (χ4n) is 2.27. The highest BCUT2D eigenvalue weighted by Gasteiger charge is 2.23. The summed E-state index contributed by atoms with van der Waals surface area (Å²) < 4.78 is 13.7. The molecule has 0 bridgehead atoms. The van der Waals surface area contributed by atoms with Crippen molar-refractivity contribution in [2.45, 2.75) is 25.3 Å². The molecular formula is C18H16ClFN2O2. The first-order chi connectivity index (χ1) is 11.5. The molecular weight excluding hydrogens is 331 g/mol. The summed E-state index contributed by atoms with van der Waals surface area (Å²) in [7, 11) is 0. The number of carbonyl (C=O) groups excluding carboxylic acids is 2. The highest BCUT2D eigenvalue weighted by Crippen LogP contribution is 2.21. The van der Waals surface area contributed by atoms with E-state index in [-0.39, 0.29) is 28.8 Å². The Hall–Kier alpha value is -2.40. The van der Waals surface area contributed by atoms with E-state index < -0.39 is 5.82 Å². The quantitative estimate of drug-likeness (QED) is 0.869. The molecule has 6 heteroatoms. The molecule has 4 nitrogen and oxygen atoms in total. The molecule has 0 atom stereocenters. The van der Waals surface area contributed by atoms with Gasteiger partial charge in [-0.05, 0) is 49.2 Å². The van der Waals surface area contributed by atoms with Gasteiger partial charge in [0, 0.05) is 27.9 Å². The van der Waals surface area contributed by atoms with E-state index in [4.69, 9.17) is 11.6 Å². The molecule has 1 aliphatic rings. The Morgan fingerprint density at radius 1 is 1.12 bits per heavy atom. The molecule has 0 heterocycles. The molecule has 3 rings (SSSR count). The summed E-state index contributed by atoms with van der Waals surface area (Å²) in [6.45, 7) is 0. The zero-order chi connectivity index (χ0) is 17.1. The summed E-state index contributed by atoms with van der Waals surface area (Å²) >= 11 is 5.91. The average Bonchev–Trinajstić information content (AvgIpc) is 3.36. The molecule has 124 valence electrons. The predicted octanol–water partition coefficient (Wildman–Crippen LogP) is 3.55. The van der Waals surface area contributed by atoms with Crippen molar-refractivity contribution >= 4 is 29.1 Å². The molecule has 0 spiro atoms. The van der Waals surface area contributed by atoms with E-state index >= 15 is 0 Å². The molecule has 2 N–H and O–H groups in total. The standard InChI is InChI=1S/C18H16ClFN2O2/c19-15-2-1-3-16(20)14(15)10-17(23)21-12-6-4-11(5-7-12)18(24)22-13-8-9-13/h1-7,13H,8-10H2,(H,21,23)(H,22,24). The highest BCUT2D eigenvalue weighted by atomic mass is 35.5. The molecule has 0 unspecified atom stereocenters. The third kappa shape index (κ3) is 4.11. The largest absolute Gasteiger partial charge is 0.349 e. The van der Waals surface area contributed by atoms with Crippen LogP contribution in [-0.2, 0) is 11.2 Å². The number of rotatable bonds is 5. The number of anilines is 1. The maximum absolute atomic E-state index is 13.7. The van der Waals surface area contributed by atoms with Crippen molar-refractivity contribution < 1.29 is 14.0 Å². The molecule has 24 heavy (non-hydrogen) atoms. The minimum Gasteiger partial charge on any atom is -0.349 e. The van der Waals surface area contributed by atoms with Crippen molar-refractivity contribution in [3.05, 3.63) is 64.4 Å². The van der Waals surface area contributed by atoms with E-state index in [1.54, 1.807) is 30.3 Å². The second kappa shape index (κ2) is 7.01. The van der Waals surface area contributed by atoms with E-state index in [1.807, 2.05) is 0 Å². The third-order valence-corrected chi connectivity index (χ3v) is 4.10. The number of halogens is 2. The molecule has 1 saturated carbocycles. The van der Waals surface area contributed by atoms with E-state index in [2.05, 4.69) is 10.6 Å². The van der Waals surface area contributed by atoms with Crippen LogP contribution in [0.15, 0.2) is 42.5 Å². The van der Waals surface area contributed by atoms with Crippen LogP contribution >= 0.6 is 11.6 Å². The van der Waals surface area contributed by atoms with Gasteiger partial charge in [-0.2, -0.15) is 0 Å². The summed E-state index contributed by atoms with van der Waals surface area (Å²) in [5.74, 6) is -1.00. The van der Waals surface area contributed by atoms with Crippen molar-refractivity contribution in [1.82, 2.24) is 5.32 Å². The van der Waals surface area contributed by atoms with Crippen LogP contribution in [0.25, 0.3) is 0 Å². The first-order valence-corrected chi connectivity index (χ1v) is 8.04. The smallest absolute Gasteiger partial charge is 0.251 e. The molecule has 0 saturated heterocycles. The topological polar surface area (TPSA) is 58.2 Å². The number of hydrogen-bond acceptors (Lipinski definition) is 2. The Labute approximate surface area is 144 Å². The van der Waals surface area contributed by atoms with Crippen LogP contribution in [0.3, 0.4) is 0 Å². The second-order valence-corrected chi connectivity index (χ2v) is 6.16. The van der Waals surface area contributed by atoms with Crippen LogP contribution in [0, 0.1) is 5.82 Å². The molecule has 0 aromatic heterocycles.